The highest BCUT2D eigenvalue weighted by Gasteiger charge is 1.90. The maximum Gasteiger partial charge on any atom is 0.328 e. The van der Waals surface area contributed by atoms with Crippen LogP contribution in [0.5, 0.6) is 0 Å². The third-order valence-corrected chi connectivity index (χ3v) is 1.86. The zero-order valence-corrected chi connectivity index (χ0v) is 12.6. The Bertz CT molecular complexity index is 265. The Morgan fingerprint density at radius 3 is 1.35 bits per heavy atom. The van der Waals surface area contributed by atoms with Crippen LogP contribution in [-0.4, -0.2) is 86.3 Å². The van der Waals surface area contributed by atoms with E-state index in [2.05, 4.69) is 48.8 Å². The van der Waals surface area contributed by atoms with E-state index < -0.39 is 11.9 Å². The second kappa shape index (κ2) is 13.9. The number of hydrogen-bond donors (Lipinski definition) is 4. The summed E-state index contributed by atoms with van der Waals surface area (Å²) in [4.78, 5) is 23.4. The number of aliphatic carboxylic acids is 2. The highest BCUT2D eigenvalue weighted by atomic mass is 16.4. The van der Waals surface area contributed by atoms with Gasteiger partial charge in [0.15, 0.2) is 0 Å². The van der Waals surface area contributed by atoms with Crippen LogP contribution in [0.4, 0.5) is 0 Å². The van der Waals surface area contributed by atoms with Crippen molar-refractivity contribution < 1.29 is 19.8 Å². The van der Waals surface area contributed by atoms with Crippen molar-refractivity contribution in [1.29, 1.82) is 0 Å². The van der Waals surface area contributed by atoms with Gasteiger partial charge in [0.05, 0.1) is 0 Å². The van der Waals surface area contributed by atoms with Gasteiger partial charge >= 0.3 is 11.9 Å². The average molecular weight is 290 g/mol. The van der Waals surface area contributed by atoms with Crippen molar-refractivity contribution in [2.24, 2.45) is 0 Å². The van der Waals surface area contributed by atoms with Gasteiger partial charge in [-0.05, 0) is 28.2 Å². The van der Waals surface area contributed by atoms with Gasteiger partial charge in [-0.2, -0.15) is 0 Å². The fraction of sp³-hybridized carbons (Fsp3) is 0.667. The molecule has 0 aromatic rings. The summed E-state index contributed by atoms with van der Waals surface area (Å²) in [7, 11) is 8.28. The maximum atomic E-state index is 9.55. The number of nitrogens with zero attached hydrogens (tertiary/aromatic N) is 2. The topological polar surface area (TPSA) is 105 Å². The van der Waals surface area contributed by atoms with E-state index in [1.54, 1.807) is 0 Å². The second-order valence-electron chi connectivity index (χ2n) is 4.47. The zero-order chi connectivity index (χ0) is 16.0. The molecule has 8 heteroatoms. The van der Waals surface area contributed by atoms with Crippen molar-refractivity contribution >= 4 is 11.9 Å². The van der Waals surface area contributed by atoms with E-state index in [-0.39, 0.29) is 0 Å². The van der Waals surface area contributed by atoms with Gasteiger partial charge in [0, 0.05) is 38.3 Å². The molecule has 0 aliphatic rings. The lowest BCUT2D eigenvalue weighted by molar-refractivity contribution is -0.134. The highest BCUT2D eigenvalue weighted by molar-refractivity contribution is 5.89. The molecule has 20 heavy (non-hydrogen) atoms. The molecule has 118 valence electrons. The summed E-state index contributed by atoms with van der Waals surface area (Å²) in [6.07, 6.45) is 1.12. The average Bonchev–Trinajstić information content (AvgIpc) is 2.31. The molecular weight excluding hydrogens is 264 g/mol. The fourth-order valence-electron chi connectivity index (χ4n) is 0.878. The van der Waals surface area contributed by atoms with Crippen LogP contribution >= 0.6 is 0 Å². The Balaban J connectivity index is 0. The number of hydrogen-bond acceptors (Lipinski definition) is 6. The summed E-state index contributed by atoms with van der Waals surface area (Å²) < 4.78 is 0. The number of hydrazine groups is 1. The predicted molar refractivity (Wildman–Crippen MR) is 77.5 cm³/mol. The monoisotopic (exact) mass is 290 g/mol. The molecule has 8 nitrogen and oxygen atoms in total. The maximum absolute atomic E-state index is 9.55. The molecule has 0 aliphatic heterocycles. The number of carboxylic acids is 2. The number of rotatable bonds is 9. The molecule has 0 aromatic heterocycles. The van der Waals surface area contributed by atoms with Gasteiger partial charge < -0.3 is 20.0 Å². The predicted octanol–water partition coefficient (Wildman–Crippen LogP) is -1.08. The molecule has 0 heterocycles. The Kier molecular flexibility index (Phi) is 14.5. The van der Waals surface area contributed by atoms with E-state index in [4.69, 9.17) is 10.2 Å². The fourth-order valence-corrected chi connectivity index (χ4v) is 0.878. The Hall–Kier alpha value is -1.48. The van der Waals surface area contributed by atoms with Crippen molar-refractivity contribution in [3.05, 3.63) is 12.2 Å². The van der Waals surface area contributed by atoms with E-state index in [0.717, 1.165) is 26.2 Å². The summed E-state index contributed by atoms with van der Waals surface area (Å²) >= 11 is 0. The van der Waals surface area contributed by atoms with Gasteiger partial charge in [0.25, 0.3) is 0 Å². The minimum atomic E-state index is -1.26. The molecule has 0 rings (SSSR count). The summed E-state index contributed by atoms with van der Waals surface area (Å²) in [6.45, 7) is 4.10. The molecule has 4 N–H and O–H groups in total. The van der Waals surface area contributed by atoms with E-state index in [1.807, 2.05) is 0 Å². The van der Waals surface area contributed by atoms with Crippen LogP contribution < -0.4 is 10.9 Å². The first kappa shape index (κ1) is 20.8. The normalized spacial score (nSPS) is 10.7. The largest absolute Gasteiger partial charge is 0.478 e. The van der Waals surface area contributed by atoms with Crippen LogP contribution in [0.1, 0.15) is 0 Å². The van der Waals surface area contributed by atoms with Crippen LogP contribution in [-0.2, 0) is 9.59 Å². The van der Waals surface area contributed by atoms with Crippen molar-refractivity contribution in [3.8, 4) is 0 Å². The van der Waals surface area contributed by atoms with E-state index in [1.165, 1.54) is 0 Å². The van der Waals surface area contributed by atoms with E-state index >= 15 is 0 Å². The first-order valence-electron chi connectivity index (χ1n) is 6.14. The molecule has 0 fully saturated rings. The first-order chi connectivity index (χ1) is 9.25. The minimum absolute atomic E-state index is 0.558. The molecule has 0 aliphatic carbocycles. The first-order valence-corrected chi connectivity index (χ1v) is 6.14. The smallest absolute Gasteiger partial charge is 0.328 e. The molecule has 0 saturated heterocycles. The molecule has 0 amide bonds. The summed E-state index contributed by atoms with van der Waals surface area (Å²) in [5.74, 6) is -2.51. The number of likely N-dealkylation sites (N-methyl/N-ethyl adjacent to an activating group) is 2. The minimum Gasteiger partial charge on any atom is -0.478 e. The third kappa shape index (κ3) is 25.4. The van der Waals surface area contributed by atoms with Crippen LogP contribution in [0.25, 0.3) is 0 Å². The quantitative estimate of drug-likeness (QED) is 0.241. The third-order valence-electron chi connectivity index (χ3n) is 1.86. The van der Waals surface area contributed by atoms with Gasteiger partial charge in [0.1, 0.15) is 0 Å². The number of carboxylic acid groups (broad SMARTS) is 2. The molecule has 0 spiro atoms. The SMILES string of the molecule is CN(C)CCNNCCN(C)C.O=C(O)/C=C\C(=O)O. The van der Waals surface area contributed by atoms with Crippen LogP contribution in [0.15, 0.2) is 12.2 Å². The standard InChI is InChI=1S/C8H22N4.C4H4O4/c1-11(2)7-5-9-10-6-8-12(3)4;5-3(6)1-2-4(7)8/h9-10H,5-8H2,1-4H3;1-2H,(H,5,6)(H,7,8)/b;2-1-. The van der Waals surface area contributed by atoms with Gasteiger partial charge in [-0.25, -0.2) is 9.59 Å². The summed E-state index contributed by atoms with van der Waals surface area (Å²) in [6, 6.07) is 0. The van der Waals surface area contributed by atoms with Crippen molar-refractivity contribution in [2.75, 3.05) is 54.4 Å². The summed E-state index contributed by atoms with van der Waals surface area (Å²) in [5, 5.41) is 15.6. The van der Waals surface area contributed by atoms with Gasteiger partial charge in [-0.1, -0.05) is 0 Å². The Labute approximate surface area is 120 Å². The highest BCUT2D eigenvalue weighted by Crippen LogP contribution is 1.71. The number of nitrogens with one attached hydrogen (secondary N) is 2. The van der Waals surface area contributed by atoms with Crippen LogP contribution in [0.2, 0.25) is 0 Å². The lowest BCUT2D eigenvalue weighted by atomic mass is 10.5. The molecule has 0 atom stereocenters. The van der Waals surface area contributed by atoms with Crippen molar-refractivity contribution in [3.63, 3.8) is 0 Å². The molecule has 0 unspecified atom stereocenters. The lowest BCUT2D eigenvalue weighted by Crippen LogP contribution is -2.40. The van der Waals surface area contributed by atoms with Crippen LogP contribution in [0.3, 0.4) is 0 Å². The second-order valence-corrected chi connectivity index (χ2v) is 4.47. The van der Waals surface area contributed by atoms with E-state index in [9.17, 15) is 9.59 Å². The van der Waals surface area contributed by atoms with Crippen molar-refractivity contribution in [2.45, 2.75) is 0 Å². The van der Waals surface area contributed by atoms with Crippen LogP contribution in [0, 0.1) is 0 Å². The molecule has 0 radical (unpaired) electrons. The Morgan fingerprint density at radius 2 is 1.15 bits per heavy atom. The van der Waals surface area contributed by atoms with Crippen molar-refractivity contribution in [1.82, 2.24) is 20.7 Å². The Morgan fingerprint density at radius 1 is 0.850 bits per heavy atom. The van der Waals surface area contributed by atoms with Gasteiger partial charge in [-0.15, -0.1) is 0 Å². The zero-order valence-electron chi connectivity index (χ0n) is 12.6. The van der Waals surface area contributed by atoms with Gasteiger partial charge in [-0.3, -0.25) is 10.9 Å². The molecular formula is C12H26N4O4. The summed E-state index contributed by atoms with van der Waals surface area (Å²) in [5.41, 5.74) is 6.31. The van der Waals surface area contributed by atoms with Gasteiger partial charge in [0.2, 0.25) is 0 Å². The lowest BCUT2D eigenvalue weighted by Gasteiger charge is -2.13. The number of carbonyl (C=O) groups is 2. The van der Waals surface area contributed by atoms with E-state index in [0.29, 0.717) is 12.2 Å². The molecule has 0 bridgehead atoms. The molecule has 0 saturated carbocycles. The molecule has 0 aromatic carbocycles.